The van der Waals surface area contributed by atoms with E-state index >= 15 is 0 Å². The highest BCUT2D eigenvalue weighted by Gasteiger charge is 2.12. The molecule has 0 aromatic heterocycles. The van der Waals surface area contributed by atoms with Crippen LogP contribution in [0.1, 0.15) is 5.56 Å². The molecule has 0 spiro atoms. The lowest BCUT2D eigenvalue weighted by Gasteiger charge is -1.98. The Bertz CT molecular complexity index is 295. The normalized spacial score (nSPS) is 16.4. The summed E-state index contributed by atoms with van der Waals surface area (Å²) in [4.78, 5) is 0. The summed E-state index contributed by atoms with van der Waals surface area (Å²) in [6.45, 7) is 0. The molecule has 1 aromatic rings. The molecule has 0 fully saturated rings. The lowest BCUT2D eigenvalue weighted by molar-refractivity contribution is 0.480. The zero-order valence-electron chi connectivity index (χ0n) is 6.77. The third-order valence-electron chi connectivity index (χ3n) is 1.59. The fraction of sp³-hybridized carbons (Fsp3) is 0.111. The van der Waals surface area contributed by atoms with Gasteiger partial charge in [-0.3, -0.25) is 5.01 Å². The van der Waals surface area contributed by atoms with E-state index in [1.807, 2.05) is 36.1 Å². The Morgan fingerprint density at radius 2 is 2.00 bits per heavy atom. The lowest BCUT2D eigenvalue weighted by Crippen LogP contribution is -1.98. The molecule has 0 aliphatic carbocycles. The van der Waals surface area contributed by atoms with Gasteiger partial charge >= 0.3 is 0 Å². The molecule has 1 heterocycles. The van der Waals surface area contributed by atoms with Crippen molar-refractivity contribution in [2.24, 2.45) is 5.10 Å². The van der Waals surface area contributed by atoms with Gasteiger partial charge in [0.2, 0.25) is 0 Å². The number of hydrogen-bond donors (Lipinski definition) is 0. The van der Waals surface area contributed by atoms with Crippen LogP contribution in [0.3, 0.4) is 0 Å². The predicted molar refractivity (Wildman–Crippen MR) is 52.6 cm³/mol. The fourth-order valence-electron chi connectivity index (χ4n) is 1.02. The number of benzene rings is 1. The molecular weight excluding hydrogens is 168 g/mol. The van der Waals surface area contributed by atoms with Crippen LogP contribution < -0.4 is 0 Å². The Hall–Kier alpha value is -0.960. The van der Waals surface area contributed by atoms with Gasteiger partial charge in [-0.1, -0.05) is 42.1 Å². The highest BCUT2D eigenvalue weighted by atomic mass is 32.2. The van der Waals surface area contributed by atoms with Crippen molar-refractivity contribution in [3.8, 4) is 0 Å². The van der Waals surface area contributed by atoms with Gasteiger partial charge in [0.05, 0.1) is 0 Å². The maximum atomic E-state index is 4.32. The van der Waals surface area contributed by atoms with Crippen LogP contribution in [0, 0.1) is 5.88 Å². The number of hydrogen-bond acceptors (Lipinski definition) is 3. The van der Waals surface area contributed by atoms with E-state index in [-0.39, 0.29) is 0 Å². The van der Waals surface area contributed by atoms with Crippen LogP contribution in [-0.4, -0.2) is 17.1 Å². The molecule has 0 atom stereocenters. The molecule has 61 valence electrons. The van der Waals surface area contributed by atoms with Crippen LogP contribution in [0.15, 0.2) is 35.4 Å². The van der Waals surface area contributed by atoms with Gasteiger partial charge in [-0.2, -0.15) is 5.10 Å². The van der Waals surface area contributed by atoms with Gasteiger partial charge < -0.3 is 0 Å². The third kappa shape index (κ3) is 1.46. The molecule has 2 nitrogen and oxygen atoms in total. The van der Waals surface area contributed by atoms with E-state index < -0.39 is 0 Å². The quantitative estimate of drug-likeness (QED) is 0.653. The van der Waals surface area contributed by atoms with Crippen molar-refractivity contribution >= 4 is 16.8 Å². The molecular formula is C9H9N2S. The maximum absolute atomic E-state index is 4.32. The minimum atomic E-state index is 1.07. The molecule has 1 radical (unpaired) electrons. The first-order valence-corrected chi connectivity index (χ1v) is 4.61. The second-order valence-electron chi connectivity index (χ2n) is 2.57. The minimum Gasteiger partial charge on any atom is -0.282 e. The van der Waals surface area contributed by atoms with Gasteiger partial charge in [0.15, 0.2) is 0 Å². The molecule has 12 heavy (non-hydrogen) atoms. The van der Waals surface area contributed by atoms with Crippen LogP contribution in [0.4, 0.5) is 0 Å². The summed E-state index contributed by atoms with van der Waals surface area (Å²) < 4.78 is 0. The first-order chi connectivity index (χ1) is 5.86. The van der Waals surface area contributed by atoms with E-state index in [0.717, 1.165) is 5.04 Å². The third-order valence-corrected chi connectivity index (χ3v) is 2.54. The van der Waals surface area contributed by atoms with E-state index in [4.69, 9.17) is 0 Å². The monoisotopic (exact) mass is 177 g/mol. The van der Waals surface area contributed by atoms with Gasteiger partial charge in [0, 0.05) is 12.6 Å². The molecule has 0 amide bonds. The molecule has 0 unspecified atom stereocenters. The van der Waals surface area contributed by atoms with Crippen molar-refractivity contribution in [2.75, 3.05) is 7.05 Å². The van der Waals surface area contributed by atoms with E-state index in [1.54, 1.807) is 11.8 Å². The number of rotatable bonds is 1. The minimum absolute atomic E-state index is 1.07. The smallest absolute Gasteiger partial charge is 0.130 e. The average Bonchev–Trinajstić information content (AvgIpc) is 2.54. The molecule has 0 N–H and O–H groups in total. The van der Waals surface area contributed by atoms with Gasteiger partial charge in [-0.25, -0.2) is 0 Å². The van der Waals surface area contributed by atoms with Crippen LogP contribution in [0.2, 0.25) is 0 Å². The largest absolute Gasteiger partial charge is 0.282 e. The summed E-state index contributed by atoms with van der Waals surface area (Å²) in [5, 5.41) is 7.21. The zero-order valence-corrected chi connectivity index (χ0v) is 7.58. The maximum Gasteiger partial charge on any atom is 0.130 e. The van der Waals surface area contributed by atoms with E-state index in [2.05, 4.69) is 17.2 Å². The van der Waals surface area contributed by atoms with Crippen molar-refractivity contribution in [1.29, 1.82) is 0 Å². The number of hydrazone groups is 1. The Morgan fingerprint density at radius 3 is 2.58 bits per heavy atom. The summed E-state index contributed by atoms with van der Waals surface area (Å²) >= 11 is 1.65. The van der Waals surface area contributed by atoms with Crippen molar-refractivity contribution < 1.29 is 0 Å². The van der Waals surface area contributed by atoms with Crippen molar-refractivity contribution in [3.05, 3.63) is 41.8 Å². The number of nitrogens with zero attached hydrogens (tertiary/aromatic N) is 2. The Morgan fingerprint density at radius 1 is 1.25 bits per heavy atom. The topological polar surface area (TPSA) is 15.6 Å². The fourth-order valence-corrected chi connectivity index (χ4v) is 1.77. The predicted octanol–water partition coefficient (Wildman–Crippen LogP) is 2.15. The average molecular weight is 177 g/mol. The summed E-state index contributed by atoms with van der Waals surface area (Å²) in [6, 6.07) is 10.2. The van der Waals surface area contributed by atoms with E-state index in [1.165, 1.54) is 5.56 Å². The van der Waals surface area contributed by atoms with Crippen molar-refractivity contribution in [2.45, 2.75) is 0 Å². The summed E-state index contributed by atoms with van der Waals surface area (Å²) in [7, 11) is 1.93. The van der Waals surface area contributed by atoms with Crippen molar-refractivity contribution in [1.82, 2.24) is 5.01 Å². The summed E-state index contributed by atoms with van der Waals surface area (Å²) in [5.41, 5.74) is 1.18. The van der Waals surface area contributed by atoms with E-state index in [9.17, 15) is 0 Å². The highest BCUT2D eigenvalue weighted by Crippen LogP contribution is 2.24. The van der Waals surface area contributed by atoms with Crippen LogP contribution in [-0.2, 0) is 0 Å². The first-order valence-electron chi connectivity index (χ1n) is 3.73. The van der Waals surface area contributed by atoms with Crippen molar-refractivity contribution in [3.63, 3.8) is 0 Å². The molecule has 0 saturated carbocycles. The lowest BCUT2D eigenvalue weighted by atomic mass is 10.2. The molecule has 3 heteroatoms. The molecule has 1 aliphatic heterocycles. The van der Waals surface area contributed by atoms with Crippen LogP contribution in [0.25, 0.3) is 0 Å². The van der Waals surface area contributed by atoms with Crippen LogP contribution in [0.5, 0.6) is 0 Å². The Labute approximate surface area is 76.3 Å². The first kappa shape index (κ1) is 7.68. The Balaban J connectivity index is 2.27. The number of thioether (sulfide) groups is 1. The van der Waals surface area contributed by atoms with E-state index in [0.29, 0.717) is 0 Å². The van der Waals surface area contributed by atoms with Gasteiger partial charge in [0.1, 0.15) is 10.9 Å². The molecule has 1 aliphatic rings. The van der Waals surface area contributed by atoms with Gasteiger partial charge in [-0.05, 0) is 0 Å². The highest BCUT2D eigenvalue weighted by molar-refractivity contribution is 8.16. The molecule has 2 rings (SSSR count). The SMILES string of the molecule is CN1[CH]SC(c2ccccc2)=N1. The molecule has 1 aromatic carbocycles. The molecule has 0 saturated heterocycles. The standard InChI is InChI=1S/C9H9N2S/c1-11-7-12-9(10-11)8-5-3-2-4-6-8/h2-7H,1H3. The Kier molecular flexibility index (Phi) is 2.04. The van der Waals surface area contributed by atoms with Gasteiger partial charge in [0.25, 0.3) is 0 Å². The van der Waals surface area contributed by atoms with Crippen LogP contribution >= 0.6 is 11.8 Å². The van der Waals surface area contributed by atoms with Gasteiger partial charge in [-0.15, -0.1) is 0 Å². The summed E-state index contributed by atoms with van der Waals surface area (Å²) in [6.07, 6.45) is 0. The zero-order chi connectivity index (χ0) is 8.39. The summed E-state index contributed by atoms with van der Waals surface area (Å²) in [5.74, 6) is 1.99. The second-order valence-corrected chi connectivity index (χ2v) is 3.40. The molecule has 0 bridgehead atoms. The second kappa shape index (κ2) is 3.19.